The summed E-state index contributed by atoms with van der Waals surface area (Å²) in [6.07, 6.45) is -0.974. The molecule has 0 spiro atoms. The Morgan fingerprint density at radius 2 is 1.92 bits per heavy atom. The molecule has 0 saturated heterocycles. The van der Waals surface area contributed by atoms with E-state index in [-0.39, 0.29) is 6.42 Å². The van der Waals surface area contributed by atoms with Crippen molar-refractivity contribution in [2.45, 2.75) is 33.0 Å². The van der Waals surface area contributed by atoms with E-state index in [9.17, 15) is 9.90 Å². The van der Waals surface area contributed by atoms with Gasteiger partial charge in [0.25, 0.3) is 0 Å². The van der Waals surface area contributed by atoms with Gasteiger partial charge in [-0.25, -0.2) is 0 Å². The SMILES string of the molecule is CCOC(=O)C[C@@H](O)c1ccc(OCc2ccc(Cl)c(Cl)c2)c(C)c1. The zero-order valence-corrected chi connectivity index (χ0v) is 15.6. The Kier molecular flexibility index (Phi) is 7.12. The van der Waals surface area contributed by atoms with Gasteiger partial charge in [-0.3, -0.25) is 4.79 Å². The molecular weight excluding hydrogens is 363 g/mol. The highest BCUT2D eigenvalue weighted by atomic mass is 35.5. The molecule has 0 aliphatic carbocycles. The zero-order valence-electron chi connectivity index (χ0n) is 14.1. The fourth-order valence-corrected chi connectivity index (χ4v) is 2.65. The first-order chi connectivity index (χ1) is 11.9. The average Bonchev–Trinajstić information content (AvgIpc) is 2.56. The van der Waals surface area contributed by atoms with Crippen molar-refractivity contribution in [2.75, 3.05) is 6.61 Å². The molecule has 25 heavy (non-hydrogen) atoms. The average molecular weight is 383 g/mol. The molecule has 134 valence electrons. The highest BCUT2D eigenvalue weighted by molar-refractivity contribution is 6.42. The van der Waals surface area contributed by atoms with E-state index < -0.39 is 12.1 Å². The van der Waals surface area contributed by atoms with Crippen molar-refractivity contribution in [1.29, 1.82) is 0 Å². The first kappa shape index (κ1) is 19.6. The van der Waals surface area contributed by atoms with Crippen LogP contribution in [0.1, 0.15) is 36.1 Å². The lowest BCUT2D eigenvalue weighted by atomic mass is 10.0. The van der Waals surface area contributed by atoms with Crippen LogP contribution in [0.5, 0.6) is 5.75 Å². The number of rotatable bonds is 7. The van der Waals surface area contributed by atoms with Crippen LogP contribution in [-0.2, 0) is 16.1 Å². The number of aryl methyl sites for hydroxylation is 1. The zero-order chi connectivity index (χ0) is 18.4. The van der Waals surface area contributed by atoms with Crippen molar-refractivity contribution in [1.82, 2.24) is 0 Å². The molecule has 6 heteroatoms. The molecule has 2 aromatic rings. The third-order valence-corrected chi connectivity index (χ3v) is 4.37. The topological polar surface area (TPSA) is 55.8 Å². The minimum atomic E-state index is -0.901. The lowest BCUT2D eigenvalue weighted by Crippen LogP contribution is -2.10. The number of carbonyl (C=O) groups is 1. The van der Waals surface area contributed by atoms with E-state index in [1.807, 2.05) is 13.0 Å². The standard InChI is InChI=1S/C19H20Cl2O4/c1-3-24-19(23)10-17(22)14-5-7-18(12(2)8-14)25-11-13-4-6-15(20)16(21)9-13/h4-9,17,22H,3,10-11H2,1-2H3/t17-/m1/s1. The number of ether oxygens (including phenoxy) is 2. The summed E-state index contributed by atoms with van der Waals surface area (Å²) in [5.41, 5.74) is 2.41. The maximum absolute atomic E-state index is 11.5. The van der Waals surface area contributed by atoms with Crippen LogP contribution in [0.15, 0.2) is 36.4 Å². The second kappa shape index (κ2) is 9.09. The molecule has 0 aliphatic rings. The highest BCUT2D eigenvalue weighted by Gasteiger charge is 2.15. The number of esters is 1. The number of benzene rings is 2. The summed E-state index contributed by atoms with van der Waals surface area (Å²) in [4.78, 5) is 11.5. The number of carbonyl (C=O) groups excluding carboxylic acids is 1. The quantitative estimate of drug-likeness (QED) is 0.694. The van der Waals surface area contributed by atoms with Gasteiger partial charge in [0.2, 0.25) is 0 Å². The van der Waals surface area contributed by atoms with E-state index in [1.165, 1.54) is 0 Å². The summed E-state index contributed by atoms with van der Waals surface area (Å²) in [6, 6.07) is 10.6. The first-order valence-corrected chi connectivity index (χ1v) is 8.67. The second-order valence-corrected chi connectivity index (χ2v) is 6.40. The molecule has 4 nitrogen and oxygen atoms in total. The summed E-state index contributed by atoms with van der Waals surface area (Å²) in [6.45, 7) is 4.26. The molecule has 2 rings (SSSR count). The molecule has 1 N–H and O–H groups in total. The van der Waals surface area contributed by atoms with Crippen LogP contribution in [-0.4, -0.2) is 17.7 Å². The van der Waals surface area contributed by atoms with Crippen LogP contribution in [0.3, 0.4) is 0 Å². The third-order valence-electron chi connectivity index (χ3n) is 3.63. The molecule has 0 aliphatic heterocycles. The van der Waals surface area contributed by atoms with E-state index in [1.54, 1.807) is 37.3 Å². The Labute approximate surface area is 157 Å². The van der Waals surface area contributed by atoms with Gasteiger partial charge in [0.05, 0.1) is 29.2 Å². The van der Waals surface area contributed by atoms with Crippen molar-refractivity contribution in [2.24, 2.45) is 0 Å². The third kappa shape index (κ3) is 5.63. The van der Waals surface area contributed by atoms with Gasteiger partial charge in [-0.15, -0.1) is 0 Å². The predicted molar refractivity (Wildman–Crippen MR) is 98.2 cm³/mol. The normalized spacial score (nSPS) is 11.9. The number of aliphatic hydroxyl groups is 1. The van der Waals surface area contributed by atoms with Crippen LogP contribution in [0.2, 0.25) is 10.0 Å². The van der Waals surface area contributed by atoms with E-state index >= 15 is 0 Å². The maximum Gasteiger partial charge on any atom is 0.308 e. The monoisotopic (exact) mass is 382 g/mol. The van der Waals surface area contributed by atoms with E-state index in [2.05, 4.69) is 0 Å². The summed E-state index contributed by atoms with van der Waals surface area (Å²) in [5, 5.41) is 11.1. The molecular formula is C19H20Cl2O4. The number of hydrogen-bond acceptors (Lipinski definition) is 4. The molecule has 1 atom stereocenters. The molecule has 0 unspecified atom stereocenters. The Balaban J connectivity index is 2.01. The molecule has 0 saturated carbocycles. The van der Waals surface area contributed by atoms with Crippen LogP contribution in [0.4, 0.5) is 0 Å². The van der Waals surface area contributed by atoms with Gasteiger partial charge >= 0.3 is 5.97 Å². The maximum atomic E-state index is 11.5. The highest BCUT2D eigenvalue weighted by Crippen LogP contribution is 2.27. The van der Waals surface area contributed by atoms with Gasteiger partial charge in [0, 0.05) is 0 Å². The van der Waals surface area contributed by atoms with Gasteiger partial charge in [0.15, 0.2) is 0 Å². The minimum Gasteiger partial charge on any atom is -0.489 e. The Morgan fingerprint density at radius 3 is 2.56 bits per heavy atom. The predicted octanol–water partition coefficient (Wildman–Crippen LogP) is 4.87. The van der Waals surface area contributed by atoms with Crippen LogP contribution >= 0.6 is 23.2 Å². The molecule has 0 fully saturated rings. The van der Waals surface area contributed by atoms with E-state index in [4.69, 9.17) is 32.7 Å². The Bertz CT molecular complexity index is 746. The first-order valence-electron chi connectivity index (χ1n) is 7.91. The number of halogens is 2. The minimum absolute atomic E-state index is 0.0727. The summed E-state index contributed by atoms with van der Waals surface area (Å²) in [5.74, 6) is 0.269. The van der Waals surface area contributed by atoms with E-state index in [0.29, 0.717) is 34.6 Å². The fourth-order valence-electron chi connectivity index (χ4n) is 2.33. The van der Waals surface area contributed by atoms with Gasteiger partial charge in [-0.05, 0) is 54.8 Å². The summed E-state index contributed by atoms with van der Waals surface area (Å²) >= 11 is 11.9. The molecule has 0 amide bonds. The molecule has 0 bridgehead atoms. The number of aliphatic hydroxyl groups excluding tert-OH is 1. The fraction of sp³-hybridized carbons (Fsp3) is 0.316. The molecule has 0 radical (unpaired) electrons. The summed E-state index contributed by atoms with van der Waals surface area (Å²) < 4.78 is 10.6. The smallest absolute Gasteiger partial charge is 0.308 e. The lowest BCUT2D eigenvalue weighted by Gasteiger charge is -2.14. The van der Waals surface area contributed by atoms with Crippen LogP contribution in [0.25, 0.3) is 0 Å². The largest absolute Gasteiger partial charge is 0.489 e. The molecule has 2 aromatic carbocycles. The second-order valence-electron chi connectivity index (χ2n) is 5.59. The number of hydrogen-bond donors (Lipinski definition) is 1. The van der Waals surface area contributed by atoms with Crippen molar-refractivity contribution < 1.29 is 19.4 Å². The molecule has 0 aromatic heterocycles. The van der Waals surface area contributed by atoms with Gasteiger partial charge in [-0.1, -0.05) is 35.3 Å². The van der Waals surface area contributed by atoms with Crippen molar-refractivity contribution in [3.63, 3.8) is 0 Å². The van der Waals surface area contributed by atoms with E-state index in [0.717, 1.165) is 11.1 Å². The Hall–Kier alpha value is -1.75. The van der Waals surface area contributed by atoms with Crippen LogP contribution in [0, 0.1) is 6.92 Å². The van der Waals surface area contributed by atoms with Crippen molar-refractivity contribution >= 4 is 29.2 Å². The van der Waals surface area contributed by atoms with Crippen molar-refractivity contribution in [3.8, 4) is 5.75 Å². The summed E-state index contributed by atoms with van der Waals surface area (Å²) in [7, 11) is 0. The Morgan fingerprint density at radius 1 is 1.16 bits per heavy atom. The van der Waals surface area contributed by atoms with Gasteiger partial charge in [-0.2, -0.15) is 0 Å². The lowest BCUT2D eigenvalue weighted by molar-refractivity contribution is -0.145. The van der Waals surface area contributed by atoms with Gasteiger partial charge in [0.1, 0.15) is 12.4 Å². The van der Waals surface area contributed by atoms with Crippen LogP contribution < -0.4 is 4.74 Å². The van der Waals surface area contributed by atoms with Gasteiger partial charge < -0.3 is 14.6 Å². The van der Waals surface area contributed by atoms with Crippen molar-refractivity contribution in [3.05, 3.63) is 63.1 Å². The molecule has 0 heterocycles.